The molecular formula is C24H27N5O4. The lowest BCUT2D eigenvalue weighted by Gasteiger charge is -2.31. The molecule has 33 heavy (non-hydrogen) atoms. The highest BCUT2D eigenvalue weighted by atomic mass is 16.5. The number of rotatable bonds is 5. The summed E-state index contributed by atoms with van der Waals surface area (Å²) in [5.41, 5.74) is 9.77. The predicted molar refractivity (Wildman–Crippen MR) is 122 cm³/mol. The van der Waals surface area contributed by atoms with Crippen LogP contribution in [-0.2, 0) is 9.47 Å². The van der Waals surface area contributed by atoms with E-state index in [0.29, 0.717) is 42.5 Å². The first-order valence-corrected chi connectivity index (χ1v) is 11.3. The van der Waals surface area contributed by atoms with Crippen LogP contribution in [0.25, 0.3) is 22.3 Å². The molecule has 3 aromatic rings. The largest absolute Gasteiger partial charge is 0.473 e. The van der Waals surface area contributed by atoms with Crippen LogP contribution >= 0.6 is 0 Å². The molecular weight excluding hydrogens is 422 g/mol. The fraction of sp³-hybridized carbons (Fsp3) is 0.417. The van der Waals surface area contributed by atoms with Gasteiger partial charge in [0.1, 0.15) is 12.7 Å². The molecule has 2 fully saturated rings. The third-order valence-electron chi connectivity index (χ3n) is 6.18. The number of amides is 2. The Kier molecular flexibility index (Phi) is 6.32. The lowest BCUT2D eigenvalue weighted by molar-refractivity contribution is -0.0346. The van der Waals surface area contributed by atoms with Crippen molar-refractivity contribution in [1.29, 1.82) is 0 Å². The number of benzene rings is 1. The van der Waals surface area contributed by atoms with E-state index < -0.39 is 6.03 Å². The zero-order valence-corrected chi connectivity index (χ0v) is 18.4. The molecule has 9 heteroatoms. The van der Waals surface area contributed by atoms with E-state index in [2.05, 4.69) is 34.2 Å². The monoisotopic (exact) mass is 449 g/mol. The number of urea groups is 1. The van der Waals surface area contributed by atoms with Gasteiger partial charge in [-0.3, -0.25) is 4.98 Å². The minimum Gasteiger partial charge on any atom is -0.473 e. The summed E-state index contributed by atoms with van der Waals surface area (Å²) in [5.74, 6) is 0.932. The summed E-state index contributed by atoms with van der Waals surface area (Å²) in [5, 5.41) is 0. The van der Waals surface area contributed by atoms with E-state index in [1.807, 2.05) is 6.07 Å². The van der Waals surface area contributed by atoms with Gasteiger partial charge in [0, 0.05) is 37.7 Å². The van der Waals surface area contributed by atoms with Gasteiger partial charge in [0.2, 0.25) is 5.88 Å². The van der Waals surface area contributed by atoms with Crippen molar-refractivity contribution in [2.75, 3.05) is 39.5 Å². The van der Waals surface area contributed by atoms with Gasteiger partial charge < -0.3 is 24.8 Å². The maximum Gasteiger partial charge on any atom is 0.314 e. The van der Waals surface area contributed by atoms with Gasteiger partial charge in [-0.2, -0.15) is 0 Å². The maximum absolute atomic E-state index is 11.5. The van der Waals surface area contributed by atoms with Crippen molar-refractivity contribution in [2.24, 2.45) is 5.73 Å². The second kappa shape index (κ2) is 9.68. The molecule has 2 aliphatic rings. The van der Waals surface area contributed by atoms with E-state index in [9.17, 15) is 4.79 Å². The number of hydrogen-bond donors (Lipinski definition) is 1. The molecule has 0 radical (unpaired) electrons. The summed E-state index contributed by atoms with van der Waals surface area (Å²) in [6.45, 7) is 3.16. The van der Waals surface area contributed by atoms with Crippen molar-refractivity contribution in [1.82, 2.24) is 19.9 Å². The summed E-state index contributed by atoms with van der Waals surface area (Å²) in [4.78, 5) is 26.7. The molecule has 2 aliphatic heterocycles. The minimum atomic E-state index is -0.455. The number of pyridine rings is 1. The average Bonchev–Trinajstić information content (AvgIpc) is 2.88. The number of carbonyl (C=O) groups is 1. The summed E-state index contributed by atoms with van der Waals surface area (Å²) in [6, 6.07) is 9.99. The van der Waals surface area contributed by atoms with Gasteiger partial charge in [0.15, 0.2) is 5.52 Å². The molecule has 1 atom stereocenters. The number of morpholine rings is 1. The summed E-state index contributed by atoms with van der Waals surface area (Å²) in [6.07, 6.45) is 5.08. The van der Waals surface area contributed by atoms with Crippen LogP contribution in [0, 0.1) is 0 Å². The van der Waals surface area contributed by atoms with E-state index in [1.165, 1.54) is 5.56 Å². The zero-order chi connectivity index (χ0) is 22.6. The number of nitrogens with two attached hydrogens (primary N) is 1. The van der Waals surface area contributed by atoms with Gasteiger partial charge in [-0.15, -0.1) is 0 Å². The Morgan fingerprint density at radius 3 is 2.70 bits per heavy atom. The highest BCUT2D eigenvalue weighted by Gasteiger charge is 2.24. The van der Waals surface area contributed by atoms with Crippen molar-refractivity contribution in [2.45, 2.75) is 24.9 Å². The van der Waals surface area contributed by atoms with Crippen molar-refractivity contribution >= 4 is 17.1 Å². The number of aromatic nitrogens is 3. The Hall–Kier alpha value is -3.30. The predicted octanol–water partition coefficient (Wildman–Crippen LogP) is 2.74. The van der Waals surface area contributed by atoms with Gasteiger partial charge >= 0.3 is 6.03 Å². The first-order chi connectivity index (χ1) is 16.2. The van der Waals surface area contributed by atoms with Crippen LogP contribution < -0.4 is 10.5 Å². The van der Waals surface area contributed by atoms with E-state index in [1.54, 1.807) is 17.3 Å². The molecule has 0 bridgehead atoms. The van der Waals surface area contributed by atoms with Crippen molar-refractivity contribution < 1.29 is 19.0 Å². The smallest absolute Gasteiger partial charge is 0.314 e. The Balaban J connectivity index is 1.37. The quantitative estimate of drug-likeness (QED) is 0.637. The van der Waals surface area contributed by atoms with Gasteiger partial charge in [0.25, 0.3) is 0 Å². The molecule has 2 saturated heterocycles. The lowest BCUT2D eigenvalue weighted by Crippen LogP contribution is -2.49. The molecule has 0 spiro atoms. The number of primary amides is 1. The topological polar surface area (TPSA) is 113 Å². The van der Waals surface area contributed by atoms with Gasteiger partial charge in [-0.1, -0.05) is 24.3 Å². The molecule has 0 aliphatic carbocycles. The standard InChI is InChI=1S/C24H27N5O4/c25-24(30)29-9-12-32-19(14-29)15-33-23-22-21(26-7-8-27-22)13-20(28-23)18-3-1-16(2-4-18)17-5-10-31-11-6-17/h1-4,7-8,13,17,19H,5-6,9-12,14-15H2,(H2,25,30)/t19-/m0/s1. The lowest BCUT2D eigenvalue weighted by atomic mass is 9.91. The molecule has 5 rings (SSSR count). The highest BCUT2D eigenvalue weighted by molar-refractivity contribution is 5.83. The van der Waals surface area contributed by atoms with Crippen LogP contribution in [0.4, 0.5) is 4.79 Å². The number of hydrogen-bond acceptors (Lipinski definition) is 7. The fourth-order valence-corrected chi connectivity index (χ4v) is 4.34. The SMILES string of the molecule is NC(=O)N1CCO[C@H](COc2nc(-c3ccc(C4CCOCC4)cc3)cc3nccnc23)C1. The molecule has 4 heterocycles. The van der Waals surface area contributed by atoms with E-state index in [-0.39, 0.29) is 12.7 Å². The zero-order valence-electron chi connectivity index (χ0n) is 18.4. The third-order valence-corrected chi connectivity index (χ3v) is 6.18. The Bertz CT molecular complexity index is 1120. The summed E-state index contributed by atoms with van der Waals surface area (Å²) in [7, 11) is 0. The second-order valence-electron chi connectivity index (χ2n) is 8.33. The molecule has 2 aromatic heterocycles. The highest BCUT2D eigenvalue weighted by Crippen LogP contribution is 2.31. The van der Waals surface area contributed by atoms with Gasteiger partial charge in [0.05, 0.1) is 24.4 Å². The first kappa shape index (κ1) is 21.5. The third kappa shape index (κ3) is 4.89. The summed E-state index contributed by atoms with van der Waals surface area (Å²) < 4.78 is 17.2. The Morgan fingerprint density at radius 2 is 1.91 bits per heavy atom. The Morgan fingerprint density at radius 1 is 1.12 bits per heavy atom. The van der Waals surface area contributed by atoms with Gasteiger partial charge in [-0.25, -0.2) is 14.8 Å². The molecule has 1 aromatic carbocycles. The molecule has 0 unspecified atom stereocenters. The van der Waals surface area contributed by atoms with Crippen LogP contribution in [0.1, 0.15) is 24.3 Å². The van der Waals surface area contributed by atoms with E-state index >= 15 is 0 Å². The summed E-state index contributed by atoms with van der Waals surface area (Å²) >= 11 is 0. The van der Waals surface area contributed by atoms with E-state index in [4.69, 9.17) is 24.9 Å². The van der Waals surface area contributed by atoms with Crippen LogP contribution in [0.5, 0.6) is 5.88 Å². The van der Waals surface area contributed by atoms with Crippen LogP contribution in [-0.4, -0.2) is 71.5 Å². The van der Waals surface area contributed by atoms with E-state index in [0.717, 1.165) is 37.3 Å². The molecule has 172 valence electrons. The average molecular weight is 450 g/mol. The van der Waals surface area contributed by atoms with Crippen LogP contribution in [0.3, 0.4) is 0 Å². The number of nitrogens with zero attached hydrogens (tertiary/aromatic N) is 4. The van der Waals surface area contributed by atoms with Crippen molar-refractivity contribution in [3.8, 4) is 17.1 Å². The van der Waals surface area contributed by atoms with Crippen molar-refractivity contribution in [3.05, 3.63) is 48.3 Å². The molecule has 0 saturated carbocycles. The normalized spacial score (nSPS) is 19.5. The van der Waals surface area contributed by atoms with Crippen LogP contribution in [0.15, 0.2) is 42.7 Å². The first-order valence-electron chi connectivity index (χ1n) is 11.3. The van der Waals surface area contributed by atoms with Gasteiger partial charge in [-0.05, 0) is 30.4 Å². The Labute approximate surface area is 191 Å². The number of carbonyl (C=O) groups excluding carboxylic acids is 1. The minimum absolute atomic E-state index is 0.231. The fourth-order valence-electron chi connectivity index (χ4n) is 4.34. The second-order valence-corrected chi connectivity index (χ2v) is 8.33. The maximum atomic E-state index is 11.5. The van der Waals surface area contributed by atoms with Crippen molar-refractivity contribution in [3.63, 3.8) is 0 Å². The molecule has 2 N–H and O–H groups in total. The molecule has 9 nitrogen and oxygen atoms in total. The number of ether oxygens (including phenoxy) is 3. The molecule has 2 amide bonds. The van der Waals surface area contributed by atoms with Crippen LogP contribution in [0.2, 0.25) is 0 Å². The number of fused-ring (bicyclic) bond motifs is 1.